The van der Waals surface area contributed by atoms with Crippen LogP contribution in [0.25, 0.3) is 0 Å². The molecule has 0 fully saturated rings. The topological polar surface area (TPSA) is 96.1 Å². The highest BCUT2D eigenvalue weighted by Gasteiger charge is 2.13. The molecule has 94 valence electrons. The van der Waals surface area contributed by atoms with Crippen LogP contribution in [0.15, 0.2) is 8.83 Å². The summed E-state index contributed by atoms with van der Waals surface area (Å²) in [5.74, 6) is 1.71. The third kappa shape index (κ3) is 2.41. The Kier molecular flexibility index (Phi) is 3.44. The van der Waals surface area contributed by atoms with Crippen LogP contribution < -0.4 is 0 Å². The Labute approximate surface area is 104 Å². The molecule has 0 unspecified atom stereocenters. The zero-order chi connectivity index (χ0) is 13.1. The molecule has 0 atom stereocenters. The standard InChI is InChI=1S/C12H13N3O3/c1-7-11(6-16)18-12(14-7)4-3-9-10(5-13)17-8(2)15-9/h16H,3-4,6H2,1-2H3. The van der Waals surface area contributed by atoms with E-state index in [1.54, 1.807) is 13.8 Å². The van der Waals surface area contributed by atoms with E-state index < -0.39 is 0 Å². The van der Waals surface area contributed by atoms with E-state index in [-0.39, 0.29) is 12.4 Å². The third-order valence-electron chi connectivity index (χ3n) is 2.56. The lowest BCUT2D eigenvalue weighted by Crippen LogP contribution is -1.94. The van der Waals surface area contributed by atoms with Gasteiger partial charge in [0.05, 0.1) is 11.4 Å². The van der Waals surface area contributed by atoms with Crippen LogP contribution in [0.3, 0.4) is 0 Å². The molecule has 0 amide bonds. The largest absolute Gasteiger partial charge is 0.443 e. The van der Waals surface area contributed by atoms with Crippen LogP contribution in [-0.4, -0.2) is 15.1 Å². The molecule has 2 rings (SSSR count). The van der Waals surface area contributed by atoms with Crippen LogP contribution in [0.5, 0.6) is 0 Å². The van der Waals surface area contributed by atoms with Crippen molar-refractivity contribution in [3.63, 3.8) is 0 Å². The van der Waals surface area contributed by atoms with Gasteiger partial charge in [0.15, 0.2) is 17.5 Å². The minimum Gasteiger partial charge on any atom is -0.443 e. The third-order valence-corrected chi connectivity index (χ3v) is 2.56. The van der Waals surface area contributed by atoms with Gasteiger partial charge in [0, 0.05) is 19.8 Å². The second kappa shape index (κ2) is 5.02. The summed E-state index contributed by atoms with van der Waals surface area (Å²) in [6.07, 6.45) is 1.03. The van der Waals surface area contributed by atoms with Gasteiger partial charge in [-0.3, -0.25) is 0 Å². The number of oxazole rings is 2. The van der Waals surface area contributed by atoms with Gasteiger partial charge in [-0.1, -0.05) is 0 Å². The van der Waals surface area contributed by atoms with Crippen molar-refractivity contribution < 1.29 is 13.9 Å². The number of nitrogens with zero attached hydrogens (tertiary/aromatic N) is 3. The molecule has 0 radical (unpaired) electrons. The van der Waals surface area contributed by atoms with Crippen molar-refractivity contribution in [3.8, 4) is 6.07 Å². The summed E-state index contributed by atoms with van der Waals surface area (Å²) in [6.45, 7) is 3.31. The van der Waals surface area contributed by atoms with Crippen molar-refractivity contribution in [3.05, 3.63) is 34.7 Å². The number of aromatic nitrogens is 2. The summed E-state index contributed by atoms with van der Waals surface area (Å²) in [4.78, 5) is 8.33. The Morgan fingerprint density at radius 1 is 1.22 bits per heavy atom. The van der Waals surface area contributed by atoms with Crippen molar-refractivity contribution >= 4 is 0 Å². The molecule has 0 aliphatic carbocycles. The highest BCUT2D eigenvalue weighted by atomic mass is 16.4. The Morgan fingerprint density at radius 3 is 2.61 bits per heavy atom. The number of aryl methyl sites for hydroxylation is 4. The van der Waals surface area contributed by atoms with Crippen LogP contribution in [-0.2, 0) is 19.4 Å². The van der Waals surface area contributed by atoms with Gasteiger partial charge in [-0.15, -0.1) is 0 Å². The monoisotopic (exact) mass is 247 g/mol. The SMILES string of the molecule is Cc1nc(CCc2nc(C)c(CO)o2)c(C#N)o1. The van der Waals surface area contributed by atoms with E-state index in [1.165, 1.54) is 0 Å². The number of hydrogen-bond donors (Lipinski definition) is 1. The lowest BCUT2D eigenvalue weighted by Gasteiger charge is -1.93. The molecular weight excluding hydrogens is 234 g/mol. The molecule has 0 aliphatic heterocycles. The fraction of sp³-hybridized carbons (Fsp3) is 0.417. The predicted molar refractivity (Wildman–Crippen MR) is 60.5 cm³/mol. The maximum Gasteiger partial charge on any atom is 0.227 e. The number of aliphatic hydroxyl groups is 1. The second-order valence-corrected chi connectivity index (χ2v) is 3.89. The Morgan fingerprint density at radius 2 is 2.00 bits per heavy atom. The summed E-state index contributed by atoms with van der Waals surface area (Å²) in [7, 11) is 0. The second-order valence-electron chi connectivity index (χ2n) is 3.89. The summed E-state index contributed by atoms with van der Waals surface area (Å²) in [5.41, 5.74) is 1.29. The van der Waals surface area contributed by atoms with E-state index >= 15 is 0 Å². The molecular formula is C12H13N3O3. The highest BCUT2D eigenvalue weighted by molar-refractivity contribution is 5.23. The van der Waals surface area contributed by atoms with Gasteiger partial charge >= 0.3 is 0 Å². The molecule has 6 heteroatoms. The van der Waals surface area contributed by atoms with Crippen LogP contribution >= 0.6 is 0 Å². The molecule has 1 N–H and O–H groups in total. The first kappa shape index (κ1) is 12.3. The summed E-state index contributed by atoms with van der Waals surface area (Å²) >= 11 is 0. The molecule has 0 aromatic carbocycles. The molecule has 2 aromatic heterocycles. The smallest absolute Gasteiger partial charge is 0.227 e. The Hall–Kier alpha value is -2.13. The predicted octanol–water partition coefficient (Wildman–Crippen LogP) is 1.43. The minimum atomic E-state index is -0.161. The zero-order valence-electron chi connectivity index (χ0n) is 10.2. The van der Waals surface area contributed by atoms with Gasteiger partial charge in [-0.05, 0) is 6.92 Å². The molecule has 2 heterocycles. The maximum atomic E-state index is 9.00. The van der Waals surface area contributed by atoms with Crippen LogP contribution in [0.1, 0.15) is 34.7 Å². The molecule has 18 heavy (non-hydrogen) atoms. The molecule has 0 saturated carbocycles. The molecule has 0 saturated heterocycles. The lowest BCUT2D eigenvalue weighted by atomic mass is 10.2. The van der Waals surface area contributed by atoms with Gasteiger partial charge < -0.3 is 13.9 Å². The van der Waals surface area contributed by atoms with E-state index in [9.17, 15) is 0 Å². The van der Waals surface area contributed by atoms with Crippen molar-refractivity contribution in [1.29, 1.82) is 5.26 Å². The molecule has 0 spiro atoms. The summed E-state index contributed by atoms with van der Waals surface area (Å²) in [5, 5.41) is 17.9. The van der Waals surface area contributed by atoms with Crippen molar-refractivity contribution in [2.45, 2.75) is 33.3 Å². The van der Waals surface area contributed by atoms with E-state index in [0.29, 0.717) is 41.8 Å². The molecule has 0 bridgehead atoms. The van der Waals surface area contributed by atoms with E-state index in [4.69, 9.17) is 19.2 Å². The van der Waals surface area contributed by atoms with Crippen molar-refractivity contribution in [2.24, 2.45) is 0 Å². The Balaban J connectivity index is 2.09. The summed E-state index contributed by atoms with van der Waals surface area (Å²) < 4.78 is 10.5. The van der Waals surface area contributed by atoms with Gasteiger partial charge in [-0.25, -0.2) is 9.97 Å². The normalized spacial score (nSPS) is 10.6. The highest BCUT2D eigenvalue weighted by Crippen LogP contribution is 2.15. The average Bonchev–Trinajstić information content (AvgIpc) is 2.89. The van der Waals surface area contributed by atoms with Crippen LogP contribution in [0, 0.1) is 25.2 Å². The number of aliphatic hydroxyl groups excluding tert-OH is 1. The zero-order valence-corrected chi connectivity index (χ0v) is 10.2. The number of nitriles is 1. The first-order chi connectivity index (χ1) is 8.63. The van der Waals surface area contributed by atoms with E-state index in [0.717, 1.165) is 0 Å². The van der Waals surface area contributed by atoms with Crippen LogP contribution in [0.4, 0.5) is 0 Å². The molecule has 0 aliphatic rings. The minimum absolute atomic E-state index is 0.161. The summed E-state index contributed by atoms with van der Waals surface area (Å²) in [6, 6.07) is 1.96. The van der Waals surface area contributed by atoms with Crippen molar-refractivity contribution in [2.75, 3.05) is 0 Å². The van der Waals surface area contributed by atoms with Crippen molar-refractivity contribution in [1.82, 2.24) is 9.97 Å². The number of rotatable bonds is 4. The fourth-order valence-electron chi connectivity index (χ4n) is 1.69. The average molecular weight is 247 g/mol. The quantitative estimate of drug-likeness (QED) is 0.877. The van der Waals surface area contributed by atoms with Gasteiger partial charge in [-0.2, -0.15) is 5.26 Å². The van der Waals surface area contributed by atoms with E-state index in [2.05, 4.69) is 9.97 Å². The molecule has 6 nitrogen and oxygen atoms in total. The first-order valence-corrected chi connectivity index (χ1v) is 5.56. The maximum absolute atomic E-state index is 9.00. The lowest BCUT2D eigenvalue weighted by molar-refractivity contribution is 0.242. The van der Waals surface area contributed by atoms with E-state index in [1.807, 2.05) is 6.07 Å². The van der Waals surface area contributed by atoms with Gasteiger partial charge in [0.25, 0.3) is 0 Å². The van der Waals surface area contributed by atoms with Crippen LogP contribution in [0.2, 0.25) is 0 Å². The fourth-order valence-corrected chi connectivity index (χ4v) is 1.69. The van der Waals surface area contributed by atoms with Gasteiger partial charge in [0.2, 0.25) is 5.76 Å². The Bertz CT molecular complexity index is 592. The van der Waals surface area contributed by atoms with Gasteiger partial charge in [0.1, 0.15) is 12.7 Å². The number of hydrogen-bond acceptors (Lipinski definition) is 6. The molecule has 2 aromatic rings. The first-order valence-electron chi connectivity index (χ1n) is 5.56.